The van der Waals surface area contributed by atoms with Crippen molar-refractivity contribution in [1.82, 2.24) is 33.8 Å². The Labute approximate surface area is 229 Å². The predicted octanol–water partition coefficient (Wildman–Crippen LogP) is 3.02. The number of benzene rings is 2. The third kappa shape index (κ3) is 5.65. The minimum Gasteiger partial charge on any atom is -0.492 e. The fraction of sp³-hybridized carbons (Fsp3) is 0.310. The number of rotatable bonds is 9. The molecular weight excluding hydrogens is 513 g/mol. The summed E-state index contributed by atoms with van der Waals surface area (Å²) in [4.78, 5) is 24.1. The summed E-state index contributed by atoms with van der Waals surface area (Å²) in [5, 5.41) is 16.1. The van der Waals surface area contributed by atoms with Crippen molar-refractivity contribution >= 4 is 11.0 Å². The first-order chi connectivity index (χ1) is 19.5. The van der Waals surface area contributed by atoms with E-state index in [1.165, 1.54) is 29.2 Å². The van der Waals surface area contributed by atoms with Gasteiger partial charge in [0.25, 0.3) is 5.56 Å². The second kappa shape index (κ2) is 11.0. The van der Waals surface area contributed by atoms with Gasteiger partial charge in [-0.1, -0.05) is 12.1 Å². The minimum atomic E-state index is -1.01. The zero-order valence-electron chi connectivity index (χ0n) is 21.9. The van der Waals surface area contributed by atoms with Crippen molar-refractivity contribution in [3.63, 3.8) is 0 Å². The van der Waals surface area contributed by atoms with Crippen molar-refractivity contribution in [2.45, 2.75) is 38.1 Å². The molecule has 3 aromatic heterocycles. The van der Waals surface area contributed by atoms with Crippen LogP contribution in [-0.2, 0) is 19.6 Å². The van der Waals surface area contributed by atoms with Gasteiger partial charge in [0.2, 0.25) is 0 Å². The Hall–Kier alpha value is -4.35. The van der Waals surface area contributed by atoms with E-state index in [0.717, 1.165) is 17.0 Å². The minimum absolute atomic E-state index is 0.162. The van der Waals surface area contributed by atoms with Crippen LogP contribution in [0.1, 0.15) is 18.4 Å². The lowest BCUT2D eigenvalue weighted by Crippen LogP contribution is -2.47. The van der Waals surface area contributed by atoms with Crippen LogP contribution in [0.25, 0.3) is 16.7 Å². The maximum absolute atomic E-state index is 13.3. The fourth-order valence-corrected chi connectivity index (χ4v) is 5.07. The number of aliphatic hydroxyl groups is 1. The SMILES string of the molecule is O=c1c2cnn(-c3ccc(OCCn4ccnc4)cc3)c2ncn1CC1(O)CCN(Cc2ccc(F)cc2)CC1. The van der Waals surface area contributed by atoms with E-state index >= 15 is 0 Å². The van der Waals surface area contributed by atoms with Gasteiger partial charge in [0.15, 0.2) is 5.65 Å². The van der Waals surface area contributed by atoms with Gasteiger partial charge in [-0.25, -0.2) is 19.0 Å². The molecule has 4 heterocycles. The van der Waals surface area contributed by atoms with E-state index in [2.05, 4.69) is 20.0 Å². The lowest BCUT2D eigenvalue weighted by Gasteiger charge is -2.38. The van der Waals surface area contributed by atoms with Gasteiger partial charge in [-0.3, -0.25) is 14.3 Å². The Kier molecular flexibility index (Phi) is 7.14. The van der Waals surface area contributed by atoms with Gasteiger partial charge in [-0.2, -0.15) is 5.10 Å². The summed E-state index contributed by atoms with van der Waals surface area (Å²) < 4.78 is 24.0. The molecule has 11 heteroatoms. The van der Waals surface area contributed by atoms with Crippen molar-refractivity contribution in [2.75, 3.05) is 19.7 Å². The van der Waals surface area contributed by atoms with Crippen LogP contribution in [0.15, 0.2) is 84.6 Å². The summed E-state index contributed by atoms with van der Waals surface area (Å²) in [6.07, 6.45) is 9.42. The Bertz CT molecular complexity index is 1620. The summed E-state index contributed by atoms with van der Waals surface area (Å²) in [6.45, 7) is 3.43. The van der Waals surface area contributed by atoms with Crippen LogP contribution in [0, 0.1) is 5.82 Å². The number of halogens is 1. The summed E-state index contributed by atoms with van der Waals surface area (Å²) in [5.41, 5.74) is 0.993. The number of aromatic nitrogens is 6. The average molecular weight is 544 g/mol. The molecular formula is C29H30FN7O3. The second-order valence-electron chi connectivity index (χ2n) is 10.2. The van der Waals surface area contributed by atoms with Crippen molar-refractivity contribution in [2.24, 2.45) is 0 Å². The van der Waals surface area contributed by atoms with Gasteiger partial charge in [0.05, 0.1) is 36.9 Å². The van der Waals surface area contributed by atoms with Crippen molar-refractivity contribution < 1.29 is 14.2 Å². The number of hydrogen-bond acceptors (Lipinski definition) is 7. The molecule has 2 aromatic carbocycles. The largest absolute Gasteiger partial charge is 0.492 e. The topological polar surface area (TPSA) is 103 Å². The highest BCUT2D eigenvalue weighted by Crippen LogP contribution is 2.25. The van der Waals surface area contributed by atoms with Crippen LogP contribution in [0.3, 0.4) is 0 Å². The molecule has 0 aliphatic carbocycles. The summed E-state index contributed by atoms with van der Waals surface area (Å²) in [6, 6.07) is 13.9. The van der Waals surface area contributed by atoms with Gasteiger partial charge in [0.1, 0.15) is 29.9 Å². The molecule has 1 N–H and O–H groups in total. The number of ether oxygens (including phenoxy) is 1. The summed E-state index contributed by atoms with van der Waals surface area (Å²) in [5.74, 6) is 0.478. The van der Waals surface area contributed by atoms with E-state index in [4.69, 9.17) is 4.74 Å². The molecule has 0 amide bonds. The highest BCUT2D eigenvalue weighted by molar-refractivity contribution is 5.75. The molecule has 0 bridgehead atoms. The van der Waals surface area contributed by atoms with Gasteiger partial charge in [-0.05, 0) is 54.8 Å². The number of piperidine rings is 1. The molecule has 1 aliphatic rings. The Morgan fingerprint density at radius 1 is 1.02 bits per heavy atom. The van der Waals surface area contributed by atoms with Gasteiger partial charge < -0.3 is 14.4 Å². The van der Waals surface area contributed by atoms with Crippen molar-refractivity contribution in [3.05, 3.63) is 102 Å². The average Bonchev–Trinajstić information content (AvgIpc) is 3.64. The number of nitrogens with zero attached hydrogens (tertiary/aromatic N) is 7. The van der Waals surface area contributed by atoms with Gasteiger partial charge in [-0.15, -0.1) is 0 Å². The van der Waals surface area contributed by atoms with E-state index in [0.29, 0.717) is 56.7 Å². The quantitative estimate of drug-likeness (QED) is 0.305. The zero-order chi connectivity index (χ0) is 27.5. The molecule has 206 valence electrons. The van der Waals surface area contributed by atoms with Gasteiger partial charge in [0, 0.05) is 32.0 Å². The third-order valence-electron chi connectivity index (χ3n) is 7.38. The maximum Gasteiger partial charge on any atom is 0.264 e. The fourth-order valence-electron chi connectivity index (χ4n) is 5.07. The first kappa shape index (κ1) is 25.9. The van der Waals surface area contributed by atoms with Crippen LogP contribution in [0.4, 0.5) is 4.39 Å². The van der Waals surface area contributed by atoms with Crippen LogP contribution < -0.4 is 10.3 Å². The standard InChI is InChI=1S/C29H30FN7O3/c30-23-3-1-22(2-4-23)18-34-12-9-29(39,10-13-34)19-36-21-32-27-26(28(36)38)17-33-37(27)24-5-7-25(8-6-24)40-16-15-35-14-11-31-20-35/h1-8,11,14,17,20-21,39H,9-10,12-13,15-16,18-19H2. The number of fused-ring (bicyclic) bond motifs is 1. The van der Waals surface area contributed by atoms with Crippen LogP contribution in [-0.4, -0.2) is 64.2 Å². The smallest absolute Gasteiger partial charge is 0.264 e. The summed E-state index contributed by atoms with van der Waals surface area (Å²) in [7, 11) is 0. The highest BCUT2D eigenvalue weighted by atomic mass is 19.1. The van der Waals surface area contributed by atoms with E-state index in [-0.39, 0.29) is 17.9 Å². The molecule has 0 radical (unpaired) electrons. The highest BCUT2D eigenvalue weighted by Gasteiger charge is 2.33. The summed E-state index contributed by atoms with van der Waals surface area (Å²) >= 11 is 0. The molecule has 0 atom stereocenters. The molecule has 6 rings (SSSR count). The molecule has 0 unspecified atom stereocenters. The molecule has 1 saturated heterocycles. The van der Waals surface area contributed by atoms with Crippen molar-refractivity contribution in [3.8, 4) is 11.4 Å². The third-order valence-corrected chi connectivity index (χ3v) is 7.38. The molecule has 10 nitrogen and oxygen atoms in total. The Morgan fingerprint density at radius 3 is 2.52 bits per heavy atom. The van der Waals surface area contributed by atoms with E-state index < -0.39 is 5.60 Å². The molecule has 1 aliphatic heterocycles. The predicted molar refractivity (Wildman–Crippen MR) is 147 cm³/mol. The molecule has 40 heavy (non-hydrogen) atoms. The number of hydrogen-bond donors (Lipinski definition) is 1. The molecule has 1 fully saturated rings. The zero-order valence-corrected chi connectivity index (χ0v) is 21.9. The first-order valence-corrected chi connectivity index (χ1v) is 13.3. The van der Waals surface area contributed by atoms with Gasteiger partial charge >= 0.3 is 0 Å². The monoisotopic (exact) mass is 543 g/mol. The molecule has 0 spiro atoms. The van der Waals surface area contributed by atoms with Crippen LogP contribution in [0.5, 0.6) is 5.75 Å². The van der Waals surface area contributed by atoms with E-state index in [1.807, 2.05) is 35.0 Å². The van der Waals surface area contributed by atoms with E-state index in [9.17, 15) is 14.3 Å². The molecule has 0 saturated carbocycles. The van der Waals surface area contributed by atoms with Crippen LogP contribution in [0.2, 0.25) is 0 Å². The number of likely N-dealkylation sites (tertiary alicyclic amines) is 1. The van der Waals surface area contributed by atoms with E-state index in [1.54, 1.807) is 29.3 Å². The Balaban J connectivity index is 1.09. The Morgan fingerprint density at radius 2 is 1.80 bits per heavy atom. The van der Waals surface area contributed by atoms with Crippen LogP contribution >= 0.6 is 0 Å². The lowest BCUT2D eigenvalue weighted by molar-refractivity contribution is -0.0364. The lowest BCUT2D eigenvalue weighted by atomic mass is 9.91. The normalized spacial score (nSPS) is 15.4. The first-order valence-electron chi connectivity index (χ1n) is 13.3. The van der Waals surface area contributed by atoms with Crippen molar-refractivity contribution in [1.29, 1.82) is 0 Å². The maximum atomic E-state index is 13.3. The second-order valence-corrected chi connectivity index (χ2v) is 10.2. The molecule has 5 aromatic rings. The number of imidazole rings is 1.